The number of hydrogen-bond donors (Lipinski definition) is 3. The SMILES string of the molecule is CS(=O)(=O)c1ccccc1S(=O)(=O)Nc1cccc2cc(C(=O)NCCSC(c3ccccc3)(c3ccccc3)c3ccccc3)[nH]c12. The van der Waals surface area contributed by atoms with Gasteiger partial charge in [0.2, 0.25) is 0 Å². The Morgan fingerprint density at radius 3 is 1.75 bits per heavy atom. The second-order valence-corrected chi connectivity index (χ2v) is 16.1. The largest absolute Gasteiger partial charge is 0.350 e. The number of benzene rings is 5. The molecule has 0 atom stereocenters. The molecule has 0 bridgehead atoms. The summed E-state index contributed by atoms with van der Waals surface area (Å²) < 4.78 is 53.2. The predicted octanol–water partition coefficient (Wildman–Crippen LogP) is 6.83. The first kappa shape index (κ1) is 33.1. The van der Waals surface area contributed by atoms with Crippen molar-refractivity contribution in [2.75, 3.05) is 23.3 Å². The van der Waals surface area contributed by atoms with E-state index in [1.807, 2.05) is 54.6 Å². The molecule has 48 heavy (non-hydrogen) atoms. The van der Waals surface area contributed by atoms with Crippen LogP contribution in [0.2, 0.25) is 0 Å². The van der Waals surface area contributed by atoms with E-state index >= 15 is 0 Å². The van der Waals surface area contributed by atoms with Crippen LogP contribution >= 0.6 is 11.8 Å². The molecule has 0 saturated carbocycles. The number of hydrogen-bond acceptors (Lipinski definition) is 6. The highest BCUT2D eigenvalue weighted by Gasteiger charge is 2.36. The molecule has 0 fully saturated rings. The van der Waals surface area contributed by atoms with Gasteiger partial charge in [0.15, 0.2) is 9.84 Å². The van der Waals surface area contributed by atoms with Crippen LogP contribution in [0.4, 0.5) is 5.69 Å². The Bertz CT molecular complexity index is 2180. The lowest BCUT2D eigenvalue weighted by Gasteiger charge is -2.35. The van der Waals surface area contributed by atoms with Crippen LogP contribution in [0.1, 0.15) is 27.2 Å². The lowest BCUT2D eigenvalue weighted by atomic mass is 9.84. The monoisotopic (exact) mass is 695 g/mol. The number of thioether (sulfide) groups is 1. The van der Waals surface area contributed by atoms with Crippen molar-refractivity contribution in [3.63, 3.8) is 0 Å². The van der Waals surface area contributed by atoms with E-state index in [4.69, 9.17) is 0 Å². The van der Waals surface area contributed by atoms with E-state index in [2.05, 4.69) is 51.4 Å². The zero-order valence-corrected chi connectivity index (χ0v) is 28.4. The molecule has 5 aromatic carbocycles. The quantitative estimate of drug-likeness (QED) is 0.0953. The maximum Gasteiger partial charge on any atom is 0.267 e. The van der Waals surface area contributed by atoms with Crippen LogP contribution in [0.5, 0.6) is 0 Å². The number of aromatic nitrogens is 1. The maximum atomic E-state index is 13.4. The second kappa shape index (κ2) is 13.7. The number of sulfone groups is 1. The molecule has 0 aliphatic rings. The normalized spacial score (nSPS) is 12.1. The molecule has 6 rings (SSSR count). The predicted molar refractivity (Wildman–Crippen MR) is 193 cm³/mol. The Balaban J connectivity index is 1.22. The summed E-state index contributed by atoms with van der Waals surface area (Å²) in [7, 11) is -8.09. The van der Waals surface area contributed by atoms with Gasteiger partial charge in [0.05, 0.1) is 20.8 Å². The number of para-hydroxylation sites is 1. The van der Waals surface area contributed by atoms with Gasteiger partial charge in [0.1, 0.15) is 10.6 Å². The third-order valence-corrected chi connectivity index (χ3v) is 12.2. The summed E-state index contributed by atoms with van der Waals surface area (Å²) in [6, 6.07) is 43.0. The molecule has 0 aliphatic heterocycles. The molecule has 0 aliphatic carbocycles. The number of fused-ring (bicyclic) bond motifs is 1. The first-order valence-electron chi connectivity index (χ1n) is 15.1. The van der Waals surface area contributed by atoms with Crippen LogP contribution in [0.25, 0.3) is 10.9 Å². The van der Waals surface area contributed by atoms with Crippen molar-refractivity contribution in [3.05, 3.63) is 162 Å². The minimum Gasteiger partial charge on any atom is -0.350 e. The third-order valence-electron chi connectivity index (χ3n) is 7.93. The lowest BCUT2D eigenvalue weighted by molar-refractivity contribution is 0.0952. The standard InChI is InChI=1S/C37H33N3O5S3/c1-47(42,43)33-22-11-12-23-34(33)48(44,45)40-31-21-13-14-27-26-32(39-35(27)31)36(41)38-24-25-46-37(28-15-5-2-6-16-28,29-17-7-3-8-18-29)30-19-9-4-10-20-30/h2-23,26,39-40H,24-25H2,1H3,(H,38,41). The Morgan fingerprint density at radius 2 is 1.21 bits per heavy atom. The zero-order valence-electron chi connectivity index (χ0n) is 26.0. The highest BCUT2D eigenvalue weighted by atomic mass is 32.2. The van der Waals surface area contributed by atoms with Crippen LogP contribution < -0.4 is 10.0 Å². The maximum absolute atomic E-state index is 13.4. The Hall–Kier alpha value is -4.84. The van der Waals surface area contributed by atoms with Crippen LogP contribution in [0.3, 0.4) is 0 Å². The van der Waals surface area contributed by atoms with Crippen LogP contribution in [-0.4, -0.2) is 46.3 Å². The van der Waals surface area contributed by atoms with E-state index in [0.29, 0.717) is 23.2 Å². The summed E-state index contributed by atoms with van der Waals surface area (Å²) in [5.41, 5.74) is 4.23. The summed E-state index contributed by atoms with van der Waals surface area (Å²) in [5, 5.41) is 3.62. The van der Waals surface area contributed by atoms with Gasteiger partial charge in [0, 0.05) is 23.9 Å². The fourth-order valence-corrected chi connectivity index (χ4v) is 9.90. The first-order chi connectivity index (χ1) is 23.1. The summed E-state index contributed by atoms with van der Waals surface area (Å²) in [6.45, 7) is 0.370. The summed E-state index contributed by atoms with van der Waals surface area (Å²) in [4.78, 5) is 15.8. The van der Waals surface area contributed by atoms with E-state index in [9.17, 15) is 21.6 Å². The number of carbonyl (C=O) groups is 1. The number of amides is 1. The van der Waals surface area contributed by atoms with Crippen molar-refractivity contribution in [3.8, 4) is 0 Å². The second-order valence-electron chi connectivity index (χ2n) is 11.2. The Kier molecular flexibility index (Phi) is 9.45. The van der Waals surface area contributed by atoms with Crippen LogP contribution in [0.15, 0.2) is 149 Å². The number of sulfonamides is 1. The van der Waals surface area contributed by atoms with Gasteiger partial charge in [-0.05, 0) is 41.0 Å². The molecule has 0 saturated heterocycles. The minimum atomic E-state index is -4.28. The minimum absolute atomic E-state index is 0.184. The van der Waals surface area contributed by atoms with Crippen molar-refractivity contribution in [1.29, 1.82) is 0 Å². The van der Waals surface area contributed by atoms with Gasteiger partial charge in [-0.1, -0.05) is 115 Å². The van der Waals surface area contributed by atoms with E-state index in [-0.39, 0.29) is 27.1 Å². The summed E-state index contributed by atoms with van der Waals surface area (Å²) in [5.74, 6) is 0.253. The first-order valence-corrected chi connectivity index (χ1v) is 19.5. The van der Waals surface area contributed by atoms with Crippen molar-refractivity contribution >= 4 is 54.1 Å². The van der Waals surface area contributed by atoms with E-state index in [1.54, 1.807) is 36.0 Å². The topological polar surface area (TPSA) is 125 Å². The molecule has 3 N–H and O–H groups in total. The third kappa shape index (κ3) is 6.75. The molecule has 11 heteroatoms. The number of anilines is 1. The molecule has 1 aromatic heterocycles. The van der Waals surface area contributed by atoms with Crippen LogP contribution in [-0.2, 0) is 24.6 Å². The van der Waals surface area contributed by atoms with E-state index < -0.39 is 24.6 Å². The fourth-order valence-electron chi connectivity index (χ4n) is 5.77. The number of carbonyl (C=O) groups excluding carboxylic acids is 1. The van der Waals surface area contributed by atoms with Gasteiger partial charge >= 0.3 is 0 Å². The molecule has 8 nitrogen and oxygen atoms in total. The number of rotatable bonds is 12. The van der Waals surface area contributed by atoms with Gasteiger partial charge in [0.25, 0.3) is 15.9 Å². The summed E-state index contributed by atoms with van der Waals surface area (Å²) in [6.07, 6.45) is 0.960. The molecular weight excluding hydrogens is 663 g/mol. The number of aromatic amines is 1. The molecule has 1 amide bonds. The molecular formula is C37H33N3O5S3. The summed E-state index contributed by atoms with van der Waals surface area (Å²) >= 11 is 1.74. The fraction of sp³-hybridized carbons (Fsp3) is 0.108. The van der Waals surface area contributed by atoms with Gasteiger partial charge in [-0.15, -0.1) is 11.8 Å². The van der Waals surface area contributed by atoms with E-state index in [0.717, 1.165) is 22.9 Å². The Morgan fingerprint density at radius 1 is 0.688 bits per heavy atom. The molecule has 0 unspecified atom stereocenters. The molecule has 6 aromatic rings. The number of nitrogens with one attached hydrogen (secondary N) is 3. The van der Waals surface area contributed by atoms with Gasteiger partial charge in [-0.2, -0.15) is 0 Å². The molecule has 0 spiro atoms. The van der Waals surface area contributed by atoms with Crippen molar-refractivity contribution in [1.82, 2.24) is 10.3 Å². The average molecular weight is 696 g/mol. The Labute approximate surface area is 284 Å². The van der Waals surface area contributed by atoms with Gasteiger partial charge in [-0.25, -0.2) is 16.8 Å². The highest BCUT2D eigenvalue weighted by molar-refractivity contribution is 8.00. The van der Waals surface area contributed by atoms with Gasteiger partial charge in [-0.3, -0.25) is 9.52 Å². The van der Waals surface area contributed by atoms with Crippen molar-refractivity contribution in [2.24, 2.45) is 0 Å². The molecule has 1 heterocycles. The smallest absolute Gasteiger partial charge is 0.267 e. The highest BCUT2D eigenvalue weighted by Crippen LogP contribution is 2.48. The average Bonchev–Trinajstić information content (AvgIpc) is 3.55. The van der Waals surface area contributed by atoms with Crippen molar-refractivity contribution < 1.29 is 21.6 Å². The van der Waals surface area contributed by atoms with Crippen molar-refractivity contribution in [2.45, 2.75) is 14.5 Å². The molecule has 0 radical (unpaired) electrons. The van der Waals surface area contributed by atoms with Crippen LogP contribution in [0, 0.1) is 0 Å². The number of H-pyrrole nitrogens is 1. The lowest BCUT2D eigenvalue weighted by Crippen LogP contribution is -2.30. The molecule has 244 valence electrons. The van der Waals surface area contributed by atoms with Gasteiger partial charge < -0.3 is 10.3 Å². The van der Waals surface area contributed by atoms with E-state index in [1.165, 1.54) is 24.3 Å². The zero-order chi connectivity index (χ0) is 33.8.